The molecule has 9 nitrogen and oxygen atoms in total. The third-order valence-electron chi connectivity index (χ3n) is 5.94. The van der Waals surface area contributed by atoms with E-state index in [1.807, 2.05) is 25.1 Å². The van der Waals surface area contributed by atoms with Crippen molar-refractivity contribution in [1.29, 1.82) is 0 Å². The van der Waals surface area contributed by atoms with Gasteiger partial charge in [-0.15, -0.1) is 0 Å². The van der Waals surface area contributed by atoms with E-state index in [0.717, 1.165) is 10.3 Å². The highest BCUT2D eigenvalue weighted by Crippen LogP contribution is 2.45. The van der Waals surface area contributed by atoms with E-state index < -0.39 is 28.4 Å². The lowest BCUT2D eigenvalue weighted by Crippen LogP contribution is -2.29. The second-order valence-electron chi connectivity index (χ2n) is 8.22. The van der Waals surface area contributed by atoms with Crippen molar-refractivity contribution in [2.75, 3.05) is 12.0 Å². The van der Waals surface area contributed by atoms with Gasteiger partial charge in [-0.1, -0.05) is 29.5 Å². The number of fused-ring (bicyclic) bond motifs is 1. The van der Waals surface area contributed by atoms with Crippen LogP contribution in [-0.4, -0.2) is 33.8 Å². The number of aryl methyl sites for hydroxylation is 1. The molecule has 0 aliphatic carbocycles. The van der Waals surface area contributed by atoms with Gasteiger partial charge in [-0.05, 0) is 54.4 Å². The number of carbonyl (C=O) groups is 2. The molecule has 0 unspecified atom stereocenters. The van der Waals surface area contributed by atoms with Crippen molar-refractivity contribution in [3.63, 3.8) is 0 Å². The van der Waals surface area contributed by atoms with Crippen molar-refractivity contribution in [3.8, 4) is 5.75 Å². The number of aliphatic hydroxyl groups excluding tert-OH is 1. The normalized spacial score (nSPS) is 17.1. The Morgan fingerprint density at radius 2 is 1.86 bits per heavy atom. The van der Waals surface area contributed by atoms with Crippen LogP contribution < -0.4 is 9.64 Å². The molecular weight excluding hydrogens is 482 g/mol. The first-order valence-electron chi connectivity index (χ1n) is 10.9. The smallest absolute Gasteiger partial charge is 0.301 e. The van der Waals surface area contributed by atoms with Crippen molar-refractivity contribution in [1.82, 2.24) is 4.98 Å². The molecule has 1 fully saturated rings. The summed E-state index contributed by atoms with van der Waals surface area (Å²) in [5.41, 5.74) is 1.87. The van der Waals surface area contributed by atoms with Crippen LogP contribution in [0.2, 0.25) is 0 Å². The van der Waals surface area contributed by atoms with Crippen molar-refractivity contribution < 1.29 is 24.4 Å². The first-order chi connectivity index (χ1) is 17.3. The van der Waals surface area contributed by atoms with Crippen molar-refractivity contribution >= 4 is 49.8 Å². The predicted octanol–water partition coefficient (Wildman–Crippen LogP) is 5.15. The number of nitro groups is 1. The topological polar surface area (TPSA) is 123 Å². The molecule has 1 atom stereocenters. The standard InChI is InChI=1S/C26H19N3O6S/c1-14-6-11-19-20(12-14)36-26(27-19)28-22(16-4-3-5-17(13-16)29(33)34)21(24(31)25(28)32)23(30)15-7-9-18(35-2)10-8-15/h3-13,22,30H,1-2H3/b23-21+/t22-/m0/s1. The number of carbonyl (C=O) groups excluding carboxylic acids is 2. The summed E-state index contributed by atoms with van der Waals surface area (Å²) in [6, 6.07) is 16.5. The Morgan fingerprint density at radius 1 is 1.11 bits per heavy atom. The lowest BCUT2D eigenvalue weighted by Gasteiger charge is -2.22. The fourth-order valence-electron chi connectivity index (χ4n) is 4.18. The van der Waals surface area contributed by atoms with Gasteiger partial charge in [0.2, 0.25) is 0 Å². The lowest BCUT2D eigenvalue weighted by molar-refractivity contribution is -0.384. The Morgan fingerprint density at radius 3 is 2.56 bits per heavy atom. The van der Waals surface area contributed by atoms with Crippen molar-refractivity contribution in [2.24, 2.45) is 0 Å². The second kappa shape index (κ2) is 8.90. The van der Waals surface area contributed by atoms with Gasteiger partial charge in [-0.25, -0.2) is 4.98 Å². The molecule has 1 amide bonds. The molecule has 0 saturated carbocycles. The Balaban J connectivity index is 1.73. The Labute approximate surface area is 209 Å². The molecule has 3 aromatic carbocycles. The molecule has 5 rings (SSSR count). The Kier molecular flexibility index (Phi) is 5.73. The zero-order valence-corrected chi connectivity index (χ0v) is 20.0. The van der Waals surface area contributed by atoms with Crippen molar-refractivity contribution in [2.45, 2.75) is 13.0 Å². The third kappa shape index (κ3) is 3.87. The van der Waals surface area contributed by atoms with Crippen LogP contribution in [0.5, 0.6) is 5.75 Å². The van der Waals surface area contributed by atoms with Crippen LogP contribution in [0.1, 0.15) is 22.7 Å². The number of nitrogens with zero attached hydrogens (tertiary/aromatic N) is 3. The number of amides is 1. The number of thiazole rings is 1. The predicted molar refractivity (Wildman–Crippen MR) is 135 cm³/mol. The van der Waals surface area contributed by atoms with Gasteiger partial charge in [0.05, 0.1) is 33.9 Å². The van der Waals surface area contributed by atoms with E-state index in [1.165, 1.54) is 41.5 Å². The zero-order chi connectivity index (χ0) is 25.6. The number of methoxy groups -OCH3 is 1. The fraction of sp³-hybridized carbons (Fsp3) is 0.115. The molecule has 1 aliphatic rings. The number of non-ortho nitro benzene ring substituents is 1. The highest BCUT2D eigenvalue weighted by molar-refractivity contribution is 7.22. The lowest BCUT2D eigenvalue weighted by atomic mass is 9.95. The number of nitro benzene ring substituents is 1. The van der Waals surface area contributed by atoms with Crippen LogP contribution in [0, 0.1) is 17.0 Å². The maximum Gasteiger partial charge on any atom is 0.301 e. The summed E-state index contributed by atoms with van der Waals surface area (Å²) in [5, 5.41) is 22.9. The number of aliphatic hydroxyl groups is 1. The van der Waals surface area contributed by atoms with Crippen LogP contribution in [0.3, 0.4) is 0 Å². The monoisotopic (exact) mass is 501 g/mol. The van der Waals surface area contributed by atoms with E-state index in [4.69, 9.17) is 4.74 Å². The average molecular weight is 502 g/mol. The number of hydrogen-bond acceptors (Lipinski definition) is 8. The highest BCUT2D eigenvalue weighted by atomic mass is 32.1. The number of Topliss-reactive ketones (excluding diaryl/α,β-unsaturated/α-hetero) is 1. The quantitative estimate of drug-likeness (QED) is 0.132. The number of ether oxygens (including phenoxy) is 1. The summed E-state index contributed by atoms with van der Waals surface area (Å²) in [7, 11) is 1.50. The van der Waals surface area contributed by atoms with Crippen LogP contribution in [0.15, 0.2) is 72.3 Å². The summed E-state index contributed by atoms with van der Waals surface area (Å²) >= 11 is 1.23. The molecule has 0 bridgehead atoms. The molecule has 1 aromatic heterocycles. The summed E-state index contributed by atoms with van der Waals surface area (Å²) in [6.45, 7) is 1.93. The van der Waals surface area contributed by atoms with Crippen LogP contribution in [0.25, 0.3) is 16.0 Å². The van der Waals surface area contributed by atoms with Crippen LogP contribution in [-0.2, 0) is 9.59 Å². The van der Waals surface area contributed by atoms with Gasteiger partial charge in [-0.2, -0.15) is 0 Å². The van der Waals surface area contributed by atoms with Gasteiger partial charge in [0.25, 0.3) is 11.5 Å². The second-order valence-corrected chi connectivity index (χ2v) is 9.23. The van der Waals surface area contributed by atoms with Crippen LogP contribution in [0.4, 0.5) is 10.8 Å². The molecule has 1 N–H and O–H groups in total. The molecule has 4 aromatic rings. The number of rotatable bonds is 5. The molecular formula is C26H19N3O6S. The molecule has 10 heteroatoms. The minimum absolute atomic E-state index is 0.180. The van der Waals surface area contributed by atoms with Gasteiger partial charge < -0.3 is 9.84 Å². The molecule has 1 saturated heterocycles. The van der Waals surface area contributed by atoms with Gasteiger partial charge in [0, 0.05) is 17.7 Å². The average Bonchev–Trinajstić information content (AvgIpc) is 3.41. The fourth-order valence-corrected chi connectivity index (χ4v) is 5.27. The summed E-state index contributed by atoms with van der Waals surface area (Å²) in [6.07, 6.45) is 0. The van der Waals surface area contributed by atoms with Gasteiger partial charge in [0.1, 0.15) is 11.5 Å². The van der Waals surface area contributed by atoms with E-state index >= 15 is 0 Å². The van der Waals surface area contributed by atoms with Crippen LogP contribution >= 0.6 is 11.3 Å². The molecule has 0 spiro atoms. The Bertz CT molecular complexity index is 1570. The minimum Gasteiger partial charge on any atom is -0.507 e. The molecule has 0 radical (unpaired) electrons. The first kappa shape index (κ1) is 23.2. The van der Waals surface area contributed by atoms with E-state index in [-0.39, 0.29) is 16.4 Å². The Hall–Kier alpha value is -4.57. The van der Waals surface area contributed by atoms with Gasteiger partial charge >= 0.3 is 5.91 Å². The van der Waals surface area contributed by atoms with E-state index in [0.29, 0.717) is 22.4 Å². The minimum atomic E-state index is -1.12. The number of anilines is 1. The number of hydrogen-bond donors (Lipinski definition) is 1. The number of aromatic nitrogens is 1. The summed E-state index contributed by atoms with van der Waals surface area (Å²) < 4.78 is 5.97. The molecule has 2 heterocycles. The summed E-state index contributed by atoms with van der Waals surface area (Å²) in [5.74, 6) is -1.63. The maximum atomic E-state index is 13.3. The molecule has 1 aliphatic heterocycles. The van der Waals surface area contributed by atoms with Gasteiger partial charge in [-0.3, -0.25) is 24.6 Å². The third-order valence-corrected chi connectivity index (χ3v) is 6.96. The molecule has 36 heavy (non-hydrogen) atoms. The van der Waals surface area contributed by atoms with E-state index in [2.05, 4.69) is 4.98 Å². The van der Waals surface area contributed by atoms with Gasteiger partial charge in [0.15, 0.2) is 5.13 Å². The first-order valence-corrected chi connectivity index (χ1v) is 11.7. The largest absolute Gasteiger partial charge is 0.507 e. The SMILES string of the molecule is COc1ccc(/C(O)=C2\C(=O)C(=O)N(c3nc4ccc(C)cc4s3)[C@H]2c2cccc([N+](=O)[O-])c2)cc1. The van der Waals surface area contributed by atoms with E-state index in [1.54, 1.807) is 30.3 Å². The maximum absolute atomic E-state index is 13.3. The number of benzene rings is 3. The zero-order valence-electron chi connectivity index (χ0n) is 19.2. The van der Waals surface area contributed by atoms with Crippen molar-refractivity contribution in [3.05, 3.63) is 99.1 Å². The number of ketones is 1. The van der Waals surface area contributed by atoms with E-state index in [9.17, 15) is 24.8 Å². The highest BCUT2D eigenvalue weighted by Gasteiger charge is 2.48. The summed E-state index contributed by atoms with van der Waals surface area (Å²) in [4.78, 5) is 43.3. The molecule has 180 valence electrons.